The molecule has 1 unspecified atom stereocenters. The highest BCUT2D eigenvalue weighted by atomic mass is 35.5. The molecule has 0 bridgehead atoms. The third-order valence-corrected chi connectivity index (χ3v) is 6.20. The topological polar surface area (TPSA) is 73.2 Å². The van der Waals surface area contributed by atoms with Crippen molar-refractivity contribution in [1.29, 1.82) is 0 Å². The van der Waals surface area contributed by atoms with Crippen LogP contribution < -0.4 is 4.72 Å². The molecule has 0 amide bonds. The average Bonchev–Trinajstić information content (AvgIpc) is 2.79. The molecule has 1 aromatic heterocycles. The van der Waals surface area contributed by atoms with Gasteiger partial charge in [0.15, 0.2) is 0 Å². The van der Waals surface area contributed by atoms with Gasteiger partial charge in [-0.2, -0.15) is 0 Å². The largest absolute Gasteiger partial charge is 0.375 e. The predicted molar refractivity (Wildman–Crippen MR) is 80.8 cm³/mol. The van der Waals surface area contributed by atoms with Gasteiger partial charge in [-0.1, -0.05) is 25.4 Å². The van der Waals surface area contributed by atoms with Gasteiger partial charge in [0.1, 0.15) is 5.15 Å². The van der Waals surface area contributed by atoms with Gasteiger partial charge in [0, 0.05) is 19.7 Å². The first-order valence-corrected chi connectivity index (χ1v) is 9.03. The Bertz CT molecular complexity index is 596. The molecular weight excluding hydrogens is 314 g/mol. The van der Waals surface area contributed by atoms with Crippen LogP contribution >= 0.6 is 11.6 Å². The Labute approximate surface area is 130 Å². The van der Waals surface area contributed by atoms with E-state index < -0.39 is 10.0 Å². The highest BCUT2D eigenvalue weighted by molar-refractivity contribution is 7.89. The van der Waals surface area contributed by atoms with E-state index in [1.54, 1.807) is 7.05 Å². The van der Waals surface area contributed by atoms with E-state index in [-0.39, 0.29) is 21.8 Å². The number of hydrogen-bond donors (Lipinski definition) is 1. The van der Waals surface area contributed by atoms with Crippen LogP contribution in [-0.2, 0) is 21.8 Å². The number of sulfonamides is 1. The molecule has 6 nitrogen and oxygen atoms in total. The molecule has 0 saturated carbocycles. The van der Waals surface area contributed by atoms with Crippen LogP contribution in [0.5, 0.6) is 0 Å². The number of halogens is 1. The number of nitrogens with zero attached hydrogens (tertiary/aromatic N) is 2. The van der Waals surface area contributed by atoms with Gasteiger partial charge in [0.2, 0.25) is 5.03 Å². The second-order valence-corrected chi connectivity index (χ2v) is 7.49. The second-order valence-electron chi connectivity index (χ2n) is 5.50. The molecule has 1 N–H and O–H groups in total. The van der Waals surface area contributed by atoms with E-state index in [1.165, 1.54) is 10.9 Å². The van der Waals surface area contributed by atoms with Crippen LogP contribution in [0, 0.1) is 0 Å². The summed E-state index contributed by atoms with van der Waals surface area (Å²) in [6, 6.07) is -0.151. The Balaban J connectivity index is 2.15. The van der Waals surface area contributed by atoms with E-state index in [9.17, 15) is 8.42 Å². The summed E-state index contributed by atoms with van der Waals surface area (Å²) in [6.45, 7) is 4.69. The summed E-state index contributed by atoms with van der Waals surface area (Å²) >= 11 is 5.98. The van der Waals surface area contributed by atoms with Crippen molar-refractivity contribution < 1.29 is 13.2 Å². The third-order valence-electron chi connectivity index (χ3n) is 4.19. The van der Waals surface area contributed by atoms with E-state index in [1.807, 2.05) is 0 Å². The van der Waals surface area contributed by atoms with E-state index in [0.29, 0.717) is 19.4 Å². The lowest BCUT2D eigenvalue weighted by Crippen LogP contribution is -2.48. The van der Waals surface area contributed by atoms with Crippen LogP contribution in [0.4, 0.5) is 0 Å². The first-order valence-electron chi connectivity index (χ1n) is 7.16. The Morgan fingerprint density at radius 3 is 2.71 bits per heavy atom. The van der Waals surface area contributed by atoms with E-state index in [0.717, 1.165) is 12.8 Å². The van der Waals surface area contributed by atoms with Crippen molar-refractivity contribution in [1.82, 2.24) is 14.3 Å². The zero-order chi connectivity index (χ0) is 15.7. The number of rotatable bonds is 5. The van der Waals surface area contributed by atoms with Crippen LogP contribution in [0.25, 0.3) is 0 Å². The molecule has 1 aromatic rings. The van der Waals surface area contributed by atoms with Gasteiger partial charge < -0.3 is 9.30 Å². The van der Waals surface area contributed by atoms with Crippen molar-refractivity contribution >= 4 is 21.6 Å². The molecule has 8 heteroatoms. The molecule has 1 saturated heterocycles. The highest BCUT2D eigenvalue weighted by Crippen LogP contribution is 2.32. The average molecular weight is 336 g/mol. The second kappa shape index (κ2) is 6.24. The molecule has 120 valence electrons. The minimum absolute atomic E-state index is 0.114. The monoisotopic (exact) mass is 335 g/mol. The van der Waals surface area contributed by atoms with Gasteiger partial charge in [-0.15, -0.1) is 0 Å². The lowest BCUT2D eigenvalue weighted by atomic mass is 9.86. The number of ether oxygens (including phenoxy) is 1. The van der Waals surface area contributed by atoms with Crippen LogP contribution in [-0.4, -0.2) is 36.2 Å². The van der Waals surface area contributed by atoms with Crippen molar-refractivity contribution in [2.45, 2.75) is 56.2 Å². The van der Waals surface area contributed by atoms with Gasteiger partial charge in [-0.3, -0.25) is 0 Å². The van der Waals surface area contributed by atoms with E-state index in [2.05, 4.69) is 23.6 Å². The van der Waals surface area contributed by atoms with Gasteiger partial charge in [-0.05, 0) is 25.7 Å². The van der Waals surface area contributed by atoms with Gasteiger partial charge in [0.25, 0.3) is 10.0 Å². The Kier molecular flexibility index (Phi) is 4.97. The Morgan fingerprint density at radius 2 is 2.19 bits per heavy atom. The fourth-order valence-electron chi connectivity index (χ4n) is 2.72. The SMILES string of the molecule is CCC1(CC)CC(NS(=O)(=O)c2ncn(C)c2Cl)CCO1. The molecular formula is C13H22ClN3O3S. The molecule has 0 aromatic carbocycles. The van der Waals surface area contributed by atoms with Crippen molar-refractivity contribution in [2.75, 3.05) is 6.61 Å². The molecule has 0 spiro atoms. The summed E-state index contributed by atoms with van der Waals surface area (Å²) in [5.74, 6) is 0. The van der Waals surface area contributed by atoms with Crippen molar-refractivity contribution in [3.8, 4) is 0 Å². The molecule has 1 aliphatic rings. The molecule has 1 atom stereocenters. The maximum absolute atomic E-state index is 12.4. The summed E-state index contributed by atoms with van der Waals surface area (Å²) in [4.78, 5) is 3.88. The minimum atomic E-state index is -3.71. The van der Waals surface area contributed by atoms with Gasteiger partial charge in [-0.25, -0.2) is 18.1 Å². The Hall–Kier alpha value is -0.630. The summed E-state index contributed by atoms with van der Waals surface area (Å²) in [5.41, 5.74) is -0.237. The Morgan fingerprint density at radius 1 is 1.52 bits per heavy atom. The maximum atomic E-state index is 12.4. The van der Waals surface area contributed by atoms with Gasteiger partial charge in [0.05, 0.1) is 11.9 Å². The molecule has 21 heavy (non-hydrogen) atoms. The number of nitrogens with one attached hydrogen (secondary N) is 1. The number of hydrogen-bond acceptors (Lipinski definition) is 4. The fraction of sp³-hybridized carbons (Fsp3) is 0.769. The third kappa shape index (κ3) is 3.41. The predicted octanol–water partition coefficient (Wildman–Crippen LogP) is 2.09. The van der Waals surface area contributed by atoms with E-state index in [4.69, 9.17) is 16.3 Å². The minimum Gasteiger partial charge on any atom is -0.375 e. The maximum Gasteiger partial charge on any atom is 0.261 e. The molecule has 2 heterocycles. The standard InChI is InChI=1S/C13H22ClN3O3S/c1-4-13(5-2)8-10(6-7-20-13)16-21(18,19)12-11(14)17(3)9-15-12/h9-10,16H,4-8H2,1-3H3. The quantitative estimate of drug-likeness (QED) is 0.894. The van der Waals surface area contributed by atoms with Crippen molar-refractivity contribution in [3.05, 3.63) is 11.5 Å². The zero-order valence-corrected chi connectivity index (χ0v) is 14.2. The first kappa shape index (κ1) is 16.7. The molecule has 0 aliphatic carbocycles. The summed E-state index contributed by atoms with van der Waals surface area (Å²) in [5, 5.41) is 0.00330. The van der Waals surface area contributed by atoms with Crippen LogP contribution in [0.2, 0.25) is 5.15 Å². The van der Waals surface area contributed by atoms with Crippen molar-refractivity contribution in [3.63, 3.8) is 0 Å². The van der Waals surface area contributed by atoms with E-state index >= 15 is 0 Å². The van der Waals surface area contributed by atoms with Crippen LogP contribution in [0.15, 0.2) is 11.4 Å². The van der Waals surface area contributed by atoms with Crippen LogP contribution in [0.1, 0.15) is 39.5 Å². The number of aryl methyl sites for hydroxylation is 1. The molecule has 1 aliphatic heterocycles. The van der Waals surface area contributed by atoms with Crippen LogP contribution in [0.3, 0.4) is 0 Å². The first-order chi connectivity index (χ1) is 9.83. The number of aromatic nitrogens is 2. The summed E-state index contributed by atoms with van der Waals surface area (Å²) in [6.07, 6.45) is 4.45. The molecule has 0 radical (unpaired) electrons. The highest BCUT2D eigenvalue weighted by Gasteiger charge is 2.37. The summed E-state index contributed by atoms with van der Waals surface area (Å²) in [7, 11) is -2.05. The molecule has 1 fully saturated rings. The zero-order valence-electron chi connectivity index (χ0n) is 12.6. The van der Waals surface area contributed by atoms with Crippen molar-refractivity contribution in [2.24, 2.45) is 7.05 Å². The number of imidazole rings is 1. The molecule has 2 rings (SSSR count). The van der Waals surface area contributed by atoms with Gasteiger partial charge >= 0.3 is 0 Å². The normalized spacial score (nSPS) is 22.4. The fourth-order valence-corrected chi connectivity index (χ4v) is 4.42. The lowest BCUT2D eigenvalue weighted by Gasteiger charge is -2.40. The smallest absolute Gasteiger partial charge is 0.261 e. The summed E-state index contributed by atoms with van der Waals surface area (Å²) < 4.78 is 34.9. The lowest BCUT2D eigenvalue weighted by molar-refractivity contribution is -0.0905.